The largest absolute Gasteiger partial charge is 0.311 e. The summed E-state index contributed by atoms with van der Waals surface area (Å²) in [4.78, 5) is 50.2. The van der Waals surface area contributed by atoms with E-state index < -0.39 is 23.8 Å². The van der Waals surface area contributed by atoms with Gasteiger partial charge in [-0.05, 0) is 18.1 Å². The molecule has 1 aromatic rings. The highest BCUT2D eigenvalue weighted by Crippen LogP contribution is 2.29. The fourth-order valence-corrected chi connectivity index (χ4v) is 3.75. The first-order valence-electron chi connectivity index (χ1n) is 9.00. The van der Waals surface area contributed by atoms with Crippen LogP contribution in [0.15, 0.2) is 30.4 Å². The molecule has 0 bridgehead atoms. The second-order valence-electron chi connectivity index (χ2n) is 6.86. The Bertz CT molecular complexity index is 863. The van der Waals surface area contributed by atoms with Crippen LogP contribution in [0.1, 0.15) is 39.1 Å². The number of carbonyl (C=O) groups is 4. The Morgan fingerprint density at radius 1 is 1.15 bits per heavy atom. The summed E-state index contributed by atoms with van der Waals surface area (Å²) in [6.07, 6.45) is 4.41. The topological polar surface area (TPSA) is 108 Å². The summed E-state index contributed by atoms with van der Waals surface area (Å²) >= 11 is 0. The summed E-state index contributed by atoms with van der Waals surface area (Å²) in [6, 6.07) is 4.46. The quantitative estimate of drug-likeness (QED) is 0.487. The Labute approximate surface area is 156 Å². The number of nitrogens with zero attached hydrogens (tertiary/aromatic N) is 1. The fourth-order valence-electron chi connectivity index (χ4n) is 3.75. The van der Waals surface area contributed by atoms with Crippen molar-refractivity contribution < 1.29 is 19.2 Å². The van der Waals surface area contributed by atoms with Gasteiger partial charge in [-0.1, -0.05) is 24.3 Å². The van der Waals surface area contributed by atoms with Crippen molar-refractivity contribution >= 4 is 23.6 Å². The first-order chi connectivity index (χ1) is 13.1. The van der Waals surface area contributed by atoms with Crippen molar-refractivity contribution in [2.45, 2.75) is 31.5 Å². The molecule has 0 spiro atoms. The van der Waals surface area contributed by atoms with Crippen LogP contribution >= 0.6 is 0 Å². The summed E-state index contributed by atoms with van der Waals surface area (Å²) in [5.74, 6) is -1.93. The van der Waals surface area contributed by atoms with E-state index >= 15 is 0 Å². The van der Waals surface area contributed by atoms with Gasteiger partial charge < -0.3 is 10.6 Å². The summed E-state index contributed by atoms with van der Waals surface area (Å²) in [5.41, 5.74) is 1.38. The molecule has 8 heteroatoms. The first-order valence-corrected chi connectivity index (χ1v) is 9.00. The van der Waals surface area contributed by atoms with Gasteiger partial charge in [-0.25, -0.2) is 0 Å². The number of fused-ring (bicyclic) bond motifs is 1. The maximum absolute atomic E-state index is 13.0. The zero-order valence-corrected chi connectivity index (χ0v) is 14.7. The molecule has 1 saturated heterocycles. The van der Waals surface area contributed by atoms with E-state index in [4.69, 9.17) is 0 Å². The number of rotatable bonds is 5. The van der Waals surface area contributed by atoms with Gasteiger partial charge in [-0.2, -0.15) is 0 Å². The minimum absolute atomic E-state index is 0.111. The normalized spacial score (nSPS) is 24.5. The minimum Gasteiger partial charge on any atom is -0.311 e. The molecular formula is C19H20N4O4. The van der Waals surface area contributed by atoms with Gasteiger partial charge >= 0.3 is 0 Å². The molecule has 3 aliphatic rings. The smallest absolute Gasteiger partial charge is 0.262 e. The molecule has 0 saturated carbocycles. The molecule has 0 radical (unpaired) electrons. The predicted octanol–water partition coefficient (Wildman–Crippen LogP) is -0.295. The molecule has 8 nitrogen and oxygen atoms in total. The molecule has 2 atom stereocenters. The maximum atomic E-state index is 13.0. The number of imide groups is 2. The predicted molar refractivity (Wildman–Crippen MR) is 95.8 cm³/mol. The van der Waals surface area contributed by atoms with Gasteiger partial charge in [0.25, 0.3) is 11.8 Å². The van der Waals surface area contributed by atoms with Crippen molar-refractivity contribution in [2.24, 2.45) is 0 Å². The van der Waals surface area contributed by atoms with Gasteiger partial charge in [0.2, 0.25) is 11.8 Å². The SMILES string of the molecule is O=C1CCC(N2C(=O)c3cccc(CNCC4C=CCN4)c3C2=O)C(=O)N1. The monoisotopic (exact) mass is 368 g/mol. The number of hydrogen-bond acceptors (Lipinski definition) is 6. The molecule has 140 valence electrons. The molecule has 3 heterocycles. The molecule has 4 rings (SSSR count). The van der Waals surface area contributed by atoms with E-state index in [1.165, 1.54) is 0 Å². The lowest BCUT2D eigenvalue weighted by Gasteiger charge is -2.27. The average molecular weight is 368 g/mol. The highest BCUT2D eigenvalue weighted by molar-refractivity contribution is 6.24. The lowest BCUT2D eigenvalue weighted by atomic mass is 10.0. The summed E-state index contributed by atoms with van der Waals surface area (Å²) < 4.78 is 0. The Kier molecular flexibility index (Phi) is 4.59. The van der Waals surface area contributed by atoms with Crippen molar-refractivity contribution in [3.8, 4) is 0 Å². The Hall–Kier alpha value is -2.84. The lowest BCUT2D eigenvalue weighted by Crippen LogP contribution is -2.54. The van der Waals surface area contributed by atoms with Gasteiger partial charge in [0.1, 0.15) is 6.04 Å². The van der Waals surface area contributed by atoms with Crippen LogP contribution in [0.2, 0.25) is 0 Å². The molecular weight excluding hydrogens is 348 g/mol. The van der Waals surface area contributed by atoms with Crippen molar-refractivity contribution in [1.29, 1.82) is 0 Å². The Morgan fingerprint density at radius 2 is 2.00 bits per heavy atom. The molecule has 0 aromatic heterocycles. The van der Waals surface area contributed by atoms with E-state index in [9.17, 15) is 19.2 Å². The molecule has 1 aromatic carbocycles. The number of amides is 4. The van der Waals surface area contributed by atoms with Crippen molar-refractivity contribution in [1.82, 2.24) is 20.9 Å². The molecule has 4 amide bonds. The van der Waals surface area contributed by atoms with Crippen LogP contribution < -0.4 is 16.0 Å². The number of hydrogen-bond donors (Lipinski definition) is 3. The summed E-state index contributed by atoms with van der Waals surface area (Å²) in [5, 5.41) is 8.80. The lowest BCUT2D eigenvalue weighted by molar-refractivity contribution is -0.136. The first kappa shape index (κ1) is 17.6. The third-order valence-electron chi connectivity index (χ3n) is 5.10. The Balaban J connectivity index is 1.53. The van der Waals surface area contributed by atoms with Gasteiger partial charge in [0.15, 0.2) is 0 Å². The third kappa shape index (κ3) is 3.17. The number of nitrogens with one attached hydrogen (secondary N) is 3. The van der Waals surface area contributed by atoms with E-state index in [2.05, 4.69) is 28.1 Å². The van der Waals surface area contributed by atoms with Crippen molar-refractivity contribution in [3.05, 3.63) is 47.0 Å². The van der Waals surface area contributed by atoms with E-state index in [-0.39, 0.29) is 24.8 Å². The van der Waals surface area contributed by atoms with Gasteiger partial charge in [-0.15, -0.1) is 0 Å². The molecule has 0 aliphatic carbocycles. The van der Waals surface area contributed by atoms with Gasteiger partial charge in [-0.3, -0.25) is 29.4 Å². The van der Waals surface area contributed by atoms with Crippen molar-refractivity contribution in [2.75, 3.05) is 13.1 Å². The minimum atomic E-state index is -0.941. The highest BCUT2D eigenvalue weighted by atomic mass is 16.2. The third-order valence-corrected chi connectivity index (χ3v) is 5.10. The second-order valence-corrected chi connectivity index (χ2v) is 6.86. The van der Waals surface area contributed by atoms with E-state index in [0.717, 1.165) is 17.0 Å². The standard InChI is InChI=1S/C19H20N4O4/c24-15-7-6-14(17(25)22-15)23-18(26)13-5-1-3-11(16(13)19(23)27)9-20-10-12-4-2-8-21-12/h1-5,12,14,20-21H,6-10H2,(H,22,24,25). The van der Waals surface area contributed by atoms with Crippen LogP contribution in [-0.4, -0.2) is 53.7 Å². The highest BCUT2D eigenvalue weighted by Gasteiger charge is 2.45. The second kappa shape index (κ2) is 7.05. The van der Waals surface area contributed by atoms with Crippen LogP contribution in [0.3, 0.4) is 0 Å². The maximum Gasteiger partial charge on any atom is 0.262 e. The number of carbonyl (C=O) groups excluding carboxylic acids is 4. The van der Waals surface area contributed by atoms with Gasteiger partial charge in [0.05, 0.1) is 11.1 Å². The van der Waals surface area contributed by atoms with Crippen molar-refractivity contribution in [3.63, 3.8) is 0 Å². The zero-order valence-electron chi connectivity index (χ0n) is 14.7. The van der Waals surface area contributed by atoms with E-state index in [1.54, 1.807) is 12.1 Å². The molecule has 2 unspecified atom stereocenters. The van der Waals surface area contributed by atoms with E-state index in [0.29, 0.717) is 24.2 Å². The molecule has 3 N–H and O–H groups in total. The molecule has 3 aliphatic heterocycles. The van der Waals surface area contributed by atoms with Crippen LogP contribution in [0, 0.1) is 0 Å². The summed E-state index contributed by atoms with van der Waals surface area (Å²) in [6.45, 7) is 2.00. The fraction of sp³-hybridized carbons (Fsp3) is 0.368. The van der Waals surface area contributed by atoms with E-state index in [1.807, 2.05) is 6.07 Å². The van der Waals surface area contributed by atoms with Crippen LogP contribution in [0.4, 0.5) is 0 Å². The molecule has 1 fully saturated rings. The molecule has 27 heavy (non-hydrogen) atoms. The number of benzene rings is 1. The van der Waals surface area contributed by atoms with Crippen LogP contribution in [0.25, 0.3) is 0 Å². The van der Waals surface area contributed by atoms with Crippen LogP contribution in [0.5, 0.6) is 0 Å². The average Bonchev–Trinajstić information content (AvgIpc) is 3.24. The number of piperidine rings is 1. The summed E-state index contributed by atoms with van der Waals surface area (Å²) in [7, 11) is 0. The Morgan fingerprint density at radius 3 is 2.74 bits per heavy atom. The zero-order chi connectivity index (χ0) is 19.0. The van der Waals surface area contributed by atoms with Gasteiger partial charge in [0, 0.05) is 32.1 Å². The van der Waals surface area contributed by atoms with Crippen LogP contribution in [-0.2, 0) is 16.1 Å².